The SMILES string of the molecule is CN=C(NCCCN1CCCC1C(=O)N(C)C)N1CCN(c2ccccc2F)CC1. The topological polar surface area (TPSA) is 54.4 Å². The number of amides is 1. The van der Waals surface area contributed by atoms with Gasteiger partial charge in [-0.3, -0.25) is 14.7 Å². The maximum absolute atomic E-state index is 14.0. The molecule has 0 saturated carbocycles. The highest BCUT2D eigenvalue weighted by Gasteiger charge is 2.31. The highest BCUT2D eigenvalue weighted by Crippen LogP contribution is 2.20. The van der Waals surface area contributed by atoms with E-state index in [1.807, 2.05) is 26.2 Å². The van der Waals surface area contributed by atoms with Crippen LogP contribution in [0.25, 0.3) is 0 Å². The first kappa shape index (κ1) is 22.3. The fraction of sp³-hybridized carbons (Fsp3) is 0.636. The van der Waals surface area contributed by atoms with Crippen molar-refractivity contribution in [1.82, 2.24) is 20.0 Å². The van der Waals surface area contributed by atoms with E-state index in [-0.39, 0.29) is 17.8 Å². The Balaban J connectivity index is 1.41. The van der Waals surface area contributed by atoms with Crippen molar-refractivity contribution in [1.29, 1.82) is 0 Å². The zero-order valence-corrected chi connectivity index (χ0v) is 18.5. The first-order valence-electron chi connectivity index (χ1n) is 10.9. The van der Waals surface area contributed by atoms with Crippen LogP contribution in [0.3, 0.4) is 0 Å². The summed E-state index contributed by atoms with van der Waals surface area (Å²) >= 11 is 0. The number of nitrogens with one attached hydrogen (secondary N) is 1. The maximum atomic E-state index is 14.0. The van der Waals surface area contributed by atoms with Gasteiger partial charge >= 0.3 is 0 Å². The predicted molar refractivity (Wildman–Crippen MR) is 119 cm³/mol. The summed E-state index contributed by atoms with van der Waals surface area (Å²) < 4.78 is 14.0. The maximum Gasteiger partial charge on any atom is 0.239 e. The zero-order valence-electron chi connectivity index (χ0n) is 18.5. The minimum Gasteiger partial charge on any atom is -0.366 e. The summed E-state index contributed by atoms with van der Waals surface area (Å²) in [6.07, 6.45) is 3.01. The van der Waals surface area contributed by atoms with Crippen molar-refractivity contribution in [2.75, 3.05) is 71.9 Å². The van der Waals surface area contributed by atoms with Gasteiger partial charge in [-0.15, -0.1) is 0 Å². The lowest BCUT2D eigenvalue weighted by molar-refractivity contribution is -0.133. The van der Waals surface area contributed by atoms with E-state index in [1.165, 1.54) is 6.07 Å². The molecule has 7 nitrogen and oxygen atoms in total. The minimum atomic E-state index is -0.165. The molecule has 30 heavy (non-hydrogen) atoms. The van der Waals surface area contributed by atoms with E-state index >= 15 is 0 Å². The van der Waals surface area contributed by atoms with Crippen LogP contribution in [-0.4, -0.2) is 99.6 Å². The van der Waals surface area contributed by atoms with Crippen LogP contribution < -0.4 is 10.2 Å². The van der Waals surface area contributed by atoms with Crippen molar-refractivity contribution in [3.8, 4) is 0 Å². The number of guanidine groups is 1. The molecule has 0 spiro atoms. The Kier molecular flexibility index (Phi) is 7.90. The van der Waals surface area contributed by atoms with E-state index in [0.29, 0.717) is 5.69 Å². The molecule has 2 aliphatic heterocycles. The van der Waals surface area contributed by atoms with Gasteiger partial charge in [0.1, 0.15) is 5.82 Å². The number of benzene rings is 1. The quantitative estimate of drug-likeness (QED) is 0.431. The molecule has 0 aromatic heterocycles. The number of aliphatic imine (C=N–C) groups is 1. The van der Waals surface area contributed by atoms with Crippen molar-refractivity contribution < 1.29 is 9.18 Å². The molecule has 1 unspecified atom stereocenters. The summed E-state index contributed by atoms with van der Waals surface area (Å²) in [5.74, 6) is 0.941. The number of nitrogens with zero attached hydrogens (tertiary/aromatic N) is 5. The number of carbonyl (C=O) groups excluding carboxylic acids is 1. The van der Waals surface area contributed by atoms with Crippen LogP contribution in [0.1, 0.15) is 19.3 Å². The van der Waals surface area contributed by atoms with Gasteiger partial charge in [-0.2, -0.15) is 0 Å². The fourth-order valence-electron chi connectivity index (χ4n) is 4.35. The Bertz CT molecular complexity index is 732. The molecule has 1 aromatic carbocycles. The summed E-state index contributed by atoms with van der Waals surface area (Å²) in [5, 5.41) is 3.46. The Hall–Kier alpha value is -2.35. The van der Waals surface area contributed by atoms with Crippen molar-refractivity contribution in [2.45, 2.75) is 25.3 Å². The smallest absolute Gasteiger partial charge is 0.239 e. The lowest BCUT2D eigenvalue weighted by Crippen LogP contribution is -2.53. The first-order valence-corrected chi connectivity index (χ1v) is 10.9. The van der Waals surface area contributed by atoms with Gasteiger partial charge in [0.25, 0.3) is 0 Å². The number of halogens is 1. The van der Waals surface area contributed by atoms with Crippen molar-refractivity contribution >= 4 is 17.6 Å². The average molecular weight is 419 g/mol. The van der Waals surface area contributed by atoms with Gasteiger partial charge in [-0.1, -0.05) is 12.1 Å². The minimum absolute atomic E-state index is 0.0331. The number of rotatable bonds is 6. The summed E-state index contributed by atoms with van der Waals surface area (Å²) in [7, 11) is 5.46. The number of likely N-dealkylation sites (N-methyl/N-ethyl adjacent to an activating group) is 1. The highest BCUT2D eigenvalue weighted by molar-refractivity contribution is 5.81. The molecule has 0 aliphatic carbocycles. The van der Waals surface area contributed by atoms with Crippen LogP contribution in [0.15, 0.2) is 29.3 Å². The van der Waals surface area contributed by atoms with Crippen LogP contribution in [-0.2, 0) is 4.79 Å². The monoisotopic (exact) mass is 418 g/mol. The number of piperazine rings is 1. The van der Waals surface area contributed by atoms with Gasteiger partial charge in [0, 0.05) is 60.4 Å². The molecular formula is C22H35FN6O. The molecule has 1 N–H and O–H groups in total. The zero-order chi connectivity index (χ0) is 21.5. The molecule has 2 heterocycles. The second-order valence-corrected chi connectivity index (χ2v) is 8.18. The lowest BCUT2D eigenvalue weighted by Gasteiger charge is -2.37. The van der Waals surface area contributed by atoms with E-state index in [0.717, 1.165) is 71.0 Å². The number of carbonyl (C=O) groups is 1. The molecule has 0 bridgehead atoms. The van der Waals surface area contributed by atoms with Gasteiger partial charge in [-0.05, 0) is 37.9 Å². The third-order valence-corrected chi connectivity index (χ3v) is 5.98. The Morgan fingerprint density at radius 1 is 1.20 bits per heavy atom. The number of likely N-dealkylation sites (tertiary alicyclic amines) is 1. The van der Waals surface area contributed by atoms with Gasteiger partial charge in [0.15, 0.2) is 5.96 Å². The van der Waals surface area contributed by atoms with Gasteiger partial charge in [0.2, 0.25) is 5.91 Å². The third-order valence-electron chi connectivity index (χ3n) is 5.98. The van der Waals surface area contributed by atoms with Crippen LogP contribution in [0.5, 0.6) is 0 Å². The second kappa shape index (κ2) is 10.6. The van der Waals surface area contributed by atoms with E-state index in [9.17, 15) is 9.18 Å². The second-order valence-electron chi connectivity index (χ2n) is 8.18. The molecule has 166 valence electrons. The standard InChI is InChI=1S/C22H35FN6O/c1-24-22(25-11-7-13-27-12-6-10-20(27)21(30)26(2)3)29-16-14-28(15-17-29)19-9-5-4-8-18(19)23/h4-5,8-9,20H,6-7,10-17H2,1-3H3,(H,24,25). The number of anilines is 1. The number of para-hydroxylation sites is 1. The summed E-state index contributed by atoms with van der Waals surface area (Å²) in [5.41, 5.74) is 0.674. The molecule has 0 radical (unpaired) electrons. The molecule has 1 amide bonds. The van der Waals surface area contributed by atoms with Gasteiger partial charge < -0.3 is 20.0 Å². The van der Waals surface area contributed by atoms with E-state index in [2.05, 4.69) is 25.0 Å². The van der Waals surface area contributed by atoms with Crippen LogP contribution in [0, 0.1) is 5.82 Å². The van der Waals surface area contributed by atoms with E-state index < -0.39 is 0 Å². The lowest BCUT2D eigenvalue weighted by atomic mass is 10.2. The summed E-state index contributed by atoms with van der Waals surface area (Å²) in [4.78, 5) is 25.1. The summed E-state index contributed by atoms with van der Waals surface area (Å²) in [6, 6.07) is 6.99. The third kappa shape index (κ3) is 5.41. The number of hydrogen-bond donors (Lipinski definition) is 1. The van der Waals surface area contributed by atoms with Gasteiger partial charge in [0.05, 0.1) is 11.7 Å². The molecule has 2 fully saturated rings. The molecule has 2 aliphatic rings. The van der Waals surface area contributed by atoms with Crippen LogP contribution in [0.2, 0.25) is 0 Å². The van der Waals surface area contributed by atoms with E-state index in [4.69, 9.17) is 0 Å². The molecule has 1 atom stereocenters. The van der Waals surface area contributed by atoms with Crippen molar-refractivity contribution in [2.24, 2.45) is 4.99 Å². The number of hydrogen-bond acceptors (Lipinski definition) is 4. The predicted octanol–water partition coefficient (Wildman–Crippen LogP) is 1.47. The first-order chi connectivity index (χ1) is 14.5. The average Bonchev–Trinajstić information content (AvgIpc) is 3.22. The molecule has 1 aromatic rings. The van der Waals surface area contributed by atoms with Gasteiger partial charge in [-0.25, -0.2) is 4.39 Å². The van der Waals surface area contributed by atoms with E-state index in [1.54, 1.807) is 18.0 Å². The Labute approximate surface area is 179 Å². The largest absolute Gasteiger partial charge is 0.366 e. The van der Waals surface area contributed by atoms with Crippen molar-refractivity contribution in [3.63, 3.8) is 0 Å². The van der Waals surface area contributed by atoms with Crippen LogP contribution in [0.4, 0.5) is 10.1 Å². The van der Waals surface area contributed by atoms with Crippen molar-refractivity contribution in [3.05, 3.63) is 30.1 Å². The Morgan fingerprint density at radius 3 is 2.60 bits per heavy atom. The van der Waals surface area contributed by atoms with Crippen LogP contribution >= 0.6 is 0 Å². The molecule has 8 heteroatoms. The molecular weight excluding hydrogens is 383 g/mol. The highest BCUT2D eigenvalue weighted by atomic mass is 19.1. The Morgan fingerprint density at radius 2 is 1.93 bits per heavy atom. The fourth-order valence-corrected chi connectivity index (χ4v) is 4.35. The summed E-state index contributed by atoms with van der Waals surface area (Å²) in [6.45, 7) is 5.87. The normalized spacial score (nSPS) is 20.5. The molecule has 3 rings (SSSR count). The molecule has 2 saturated heterocycles.